The minimum atomic E-state index is -4.23. The van der Waals surface area contributed by atoms with E-state index in [1.54, 1.807) is 0 Å². The molecule has 0 aromatic rings. The van der Waals surface area contributed by atoms with Crippen molar-refractivity contribution in [2.24, 2.45) is 11.8 Å². The largest absolute Gasteiger partial charge is 0.393 e. The number of amides is 2. The lowest BCUT2D eigenvalue weighted by atomic mass is 9.98. The van der Waals surface area contributed by atoms with E-state index in [1.165, 1.54) is 4.90 Å². The van der Waals surface area contributed by atoms with E-state index < -0.39 is 18.1 Å². The first-order valence-electron chi connectivity index (χ1n) is 8.22. The fraction of sp³-hybridized carbons (Fsp3) is 0.933. The van der Waals surface area contributed by atoms with Gasteiger partial charge >= 0.3 is 12.2 Å². The predicted molar refractivity (Wildman–Crippen MR) is 78.1 cm³/mol. The number of ether oxygens (including phenoxy) is 2. The van der Waals surface area contributed by atoms with Gasteiger partial charge in [-0.15, -0.1) is 0 Å². The van der Waals surface area contributed by atoms with Crippen molar-refractivity contribution in [3.05, 3.63) is 0 Å². The van der Waals surface area contributed by atoms with Gasteiger partial charge in [-0.05, 0) is 25.7 Å². The number of hydrogen-bond acceptors (Lipinski definition) is 3. The van der Waals surface area contributed by atoms with Crippen LogP contribution in [0.15, 0.2) is 0 Å². The van der Waals surface area contributed by atoms with Gasteiger partial charge in [-0.1, -0.05) is 0 Å². The number of hydrogen-bond donors (Lipinski definition) is 1. The Morgan fingerprint density at radius 1 is 1.35 bits per heavy atom. The van der Waals surface area contributed by atoms with Crippen molar-refractivity contribution in [1.82, 2.24) is 10.2 Å². The highest BCUT2D eigenvalue weighted by molar-refractivity contribution is 5.74. The van der Waals surface area contributed by atoms with E-state index in [2.05, 4.69) is 5.32 Å². The summed E-state index contributed by atoms with van der Waals surface area (Å²) >= 11 is 0. The summed E-state index contributed by atoms with van der Waals surface area (Å²) in [5, 5.41) is 2.67. The van der Waals surface area contributed by atoms with Crippen LogP contribution in [0.2, 0.25) is 0 Å². The molecule has 2 fully saturated rings. The minimum absolute atomic E-state index is 0.103. The van der Waals surface area contributed by atoms with Crippen LogP contribution in [0, 0.1) is 11.8 Å². The highest BCUT2D eigenvalue weighted by Crippen LogP contribution is 2.33. The summed E-state index contributed by atoms with van der Waals surface area (Å²) < 4.78 is 48.9. The lowest BCUT2D eigenvalue weighted by molar-refractivity contribution is -0.183. The highest BCUT2D eigenvalue weighted by atomic mass is 19.4. The molecule has 2 amide bonds. The van der Waals surface area contributed by atoms with Crippen LogP contribution in [0.5, 0.6) is 0 Å². The third-order valence-corrected chi connectivity index (χ3v) is 4.29. The van der Waals surface area contributed by atoms with Crippen molar-refractivity contribution in [3.8, 4) is 0 Å². The molecule has 2 rings (SSSR count). The highest BCUT2D eigenvalue weighted by Gasteiger charge is 2.42. The molecule has 2 atom stereocenters. The normalized spacial score (nSPS) is 25.6. The fourth-order valence-corrected chi connectivity index (χ4v) is 2.87. The summed E-state index contributed by atoms with van der Waals surface area (Å²) in [5.74, 6) is -0.948. The molecule has 2 aliphatic heterocycles. The standard InChI is InChI=1S/C15H25F3N2O3/c16-15(17,18)13-3-1-6-20(9-13)14(21)19-5-2-7-22-10-12-4-8-23-11-12/h12-13H,1-11H2,(H,19,21)/t12-,13-/m0/s1. The summed E-state index contributed by atoms with van der Waals surface area (Å²) in [7, 11) is 0. The Hall–Kier alpha value is -1.02. The molecule has 0 radical (unpaired) electrons. The molecule has 0 unspecified atom stereocenters. The van der Waals surface area contributed by atoms with Gasteiger partial charge in [0.25, 0.3) is 0 Å². The van der Waals surface area contributed by atoms with E-state index >= 15 is 0 Å². The van der Waals surface area contributed by atoms with Crippen molar-refractivity contribution >= 4 is 6.03 Å². The van der Waals surface area contributed by atoms with Crippen molar-refractivity contribution in [3.63, 3.8) is 0 Å². The Morgan fingerprint density at radius 3 is 2.87 bits per heavy atom. The Labute approximate surface area is 134 Å². The zero-order valence-corrected chi connectivity index (χ0v) is 13.2. The first-order chi connectivity index (χ1) is 11.0. The molecule has 1 N–H and O–H groups in total. The first-order valence-corrected chi connectivity index (χ1v) is 8.22. The summed E-state index contributed by atoms with van der Waals surface area (Å²) in [5.41, 5.74) is 0. The molecule has 23 heavy (non-hydrogen) atoms. The molecule has 8 heteroatoms. The smallest absolute Gasteiger partial charge is 0.381 e. The summed E-state index contributed by atoms with van der Waals surface area (Å²) in [6, 6.07) is -0.414. The van der Waals surface area contributed by atoms with Crippen LogP contribution in [0.4, 0.5) is 18.0 Å². The number of piperidine rings is 1. The van der Waals surface area contributed by atoms with Crippen LogP contribution >= 0.6 is 0 Å². The summed E-state index contributed by atoms with van der Waals surface area (Å²) in [4.78, 5) is 13.2. The predicted octanol–water partition coefficient (Wildman–Crippen LogP) is 2.41. The van der Waals surface area contributed by atoms with Gasteiger partial charge in [-0.3, -0.25) is 0 Å². The van der Waals surface area contributed by atoms with Gasteiger partial charge in [0.15, 0.2) is 0 Å². The number of carbonyl (C=O) groups excluding carboxylic acids is 1. The molecule has 2 saturated heterocycles. The Balaban J connectivity index is 1.55. The van der Waals surface area contributed by atoms with Gasteiger partial charge in [0.05, 0.1) is 19.1 Å². The first kappa shape index (κ1) is 18.3. The van der Waals surface area contributed by atoms with Gasteiger partial charge in [-0.2, -0.15) is 13.2 Å². The summed E-state index contributed by atoms with van der Waals surface area (Å²) in [6.07, 6.45) is -2.06. The van der Waals surface area contributed by atoms with Gasteiger partial charge in [0.1, 0.15) is 0 Å². The maximum atomic E-state index is 12.7. The van der Waals surface area contributed by atoms with E-state index in [9.17, 15) is 18.0 Å². The molecule has 0 bridgehead atoms. The SMILES string of the molecule is O=C(NCCCOC[C@@H]1CCOC1)N1CCC[C@H](C(F)(F)F)C1. The zero-order chi connectivity index (χ0) is 16.7. The van der Waals surface area contributed by atoms with Gasteiger partial charge in [0.2, 0.25) is 0 Å². The minimum Gasteiger partial charge on any atom is -0.381 e. The molecule has 2 heterocycles. The van der Waals surface area contributed by atoms with Crippen molar-refractivity contribution < 1.29 is 27.4 Å². The zero-order valence-electron chi connectivity index (χ0n) is 13.2. The van der Waals surface area contributed by atoms with Crippen LogP contribution in [-0.2, 0) is 9.47 Å². The second-order valence-corrected chi connectivity index (χ2v) is 6.22. The molecule has 0 aromatic heterocycles. The number of nitrogens with zero attached hydrogens (tertiary/aromatic N) is 1. The summed E-state index contributed by atoms with van der Waals surface area (Å²) in [6.45, 7) is 3.28. The molecule has 0 saturated carbocycles. The number of alkyl halides is 3. The Morgan fingerprint density at radius 2 is 2.17 bits per heavy atom. The molecular formula is C15H25F3N2O3. The van der Waals surface area contributed by atoms with Crippen molar-refractivity contribution in [1.29, 1.82) is 0 Å². The second kappa shape index (κ2) is 8.73. The van der Waals surface area contributed by atoms with Crippen LogP contribution in [0.3, 0.4) is 0 Å². The van der Waals surface area contributed by atoms with Crippen LogP contribution in [0.25, 0.3) is 0 Å². The molecular weight excluding hydrogens is 313 g/mol. The number of likely N-dealkylation sites (tertiary alicyclic amines) is 1. The monoisotopic (exact) mass is 338 g/mol. The van der Waals surface area contributed by atoms with E-state index in [4.69, 9.17) is 9.47 Å². The van der Waals surface area contributed by atoms with Gasteiger partial charge < -0.3 is 19.7 Å². The lowest BCUT2D eigenvalue weighted by Gasteiger charge is -2.33. The maximum Gasteiger partial charge on any atom is 0.393 e. The number of rotatable bonds is 6. The van der Waals surface area contributed by atoms with Gasteiger partial charge in [0, 0.05) is 38.8 Å². The van der Waals surface area contributed by atoms with E-state index in [0.717, 1.165) is 19.6 Å². The number of nitrogens with one attached hydrogen (secondary N) is 1. The second-order valence-electron chi connectivity index (χ2n) is 6.22. The van der Waals surface area contributed by atoms with Crippen LogP contribution in [0.1, 0.15) is 25.7 Å². The van der Waals surface area contributed by atoms with Crippen molar-refractivity contribution in [2.45, 2.75) is 31.9 Å². The van der Waals surface area contributed by atoms with Crippen LogP contribution in [-0.4, -0.2) is 63.2 Å². The molecule has 2 aliphatic rings. The number of halogens is 3. The molecule has 0 spiro atoms. The topological polar surface area (TPSA) is 50.8 Å². The lowest BCUT2D eigenvalue weighted by Crippen LogP contribution is -2.48. The van der Waals surface area contributed by atoms with Crippen molar-refractivity contribution in [2.75, 3.05) is 46.1 Å². The maximum absolute atomic E-state index is 12.7. The third kappa shape index (κ3) is 6.18. The average molecular weight is 338 g/mol. The molecule has 0 aromatic carbocycles. The number of carbonyl (C=O) groups is 1. The quantitative estimate of drug-likeness (QED) is 0.757. The average Bonchev–Trinajstić information content (AvgIpc) is 3.03. The Bertz CT molecular complexity index is 373. The van der Waals surface area contributed by atoms with E-state index in [-0.39, 0.29) is 13.0 Å². The Kier molecular flexibility index (Phi) is 6.95. The fourth-order valence-electron chi connectivity index (χ4n) is 2.87. The number of urea groups is 1. The third-order valence-electron chi connectivity index (χ3n) is 4.29. The molecule has 134 valence electrons. The van der Waals surface area contributed by atoms with E-state index in [0.29, 0.717) is 45.1 Å². The van der Waals surface area contributed by atoms with Crippen LogP contribution < -0.4 is 5.32 Å². The van der Waals surface area contributed by atoms with E-state index in [1.807, 2.05) is 0 Å². The molecule has 5 nitrogen and oxygen atoms in total. The molecule has 0 aliphatic carbocycles. The van der Waals surface area contributed by atoms with Gasteiger partial charge in [-0.25, -0.2) is 4.79 Å².